The molecule has 82 valence electrons. The maximum atomic E-state index is 3.53. The van der Waals surface area contributed by atoms with Crippen LogP contribution in [0.4, 0.5) is 0 Å². The Morgan fingerprint density at radius 3 is 2.27 bits per heavy atom. The van der Waals surface area contributed by atoms with E-state index in [1.54, 1.807) is 4.90 Å². The van der Waals surface area contributed by atoms with Crippen molar-refractivity contribution in [1.82, 2.24) is 0 Å². The lowest BCUT2D eigenvalue weighted by molar-refractivity contribution is -0.910. The van der Waals surface area contributed by atoms with Gasteiger partial charge in [0.05, 0.1) is 13.1 Å². The van der Waals surface area contributed by atoms with E-state index in [2.05, 4.69) is 61.8 Å². The highest BCUT2D eigenvalue weighted by molar-refractivity contribution is 9.11. The minimum absolute atomic E-state index is 1.15. The molecule has 0 spiro atoms. The highest BCUT2D eigenvalue weighted by Gasteiger charge is 2.14. The molecule has 1 nitrogen and oxygen atoms in total. The SMILES string of the molecule is Brc1cc(Br)cc(C[NH+]2CCSCC2)c1. The van der Waals surface area contributed by atoms with Crippen molar-refractivity contribution in [3.63, 3.8) is 0 Å². The number of rotatable bonds is 2. The zero-order valence-corrected chi connectivity index (χ0v) is 12.4. The van der Waals surface area contributed by atoms with Crippen molar-refractivity contribution in [2.75, 3.05) is 24.6 Å². The Labute approximate surface area is 112 Å². The minimum Gasteiger partial charge on any atom is -0.330 e. The molecule has 1 fully saturated rings. The van der Waals surface area contributed by atoms with Crippen LogP contribution in [0.5, 0.6) is 0 Å². The van der Waals surface area contributed by atoms with Gasteiger partial charge < -0.3 is 4.90 Å². The smallest absolute Gasteiger partial charge is 0.103 e. The quantitative estimate of drug-likeness (QED) is 0.856. The van der Waals surface area contributed by atoms with Gasteiger partial charge in [-0.3, -0.25) is 0 Å². The summed E-state index contributed by atoms with van der Waals surface area (Å²) in [4.78, 5) is 1.71. The molecule has 1 aliphatic rings. The van der Waals surface area contributed by atoms with Crippen LogP contribution in [0.1, 0.15) is 5.56 Å². The Bertz CT molecular complexity index is 317. The molecule has 0 aliphatic carbocycles. The Morgan fingerprint density at radius 1 is 1.07 bits per heavy atom. The number of thioether (sulfide) groups is 1. The summed E-state index contributed by atoms with van der Waals surface area (Å²) in [6, 6.07) is 6.53. The van der Waals surface area contributed by atoms with Crippen LogP contribution >= 0.6 is 43.6 Å². The summed E-state index contributed by atoms with van der Waals surface area (Å²) in [5, 5.41) is 0. The molecule has 0 radical (unpaired) electrons. The lowest BCUT2D eigenvalue weighted by Gasteiger charge is -2.23. The lowest BCUT2D eigenvalue weighted by Crippen LogP contribution is -3.12. The summed E-state index contributed by atoms with van der Waals surface area (Å²) >= 11 is 9.14. The Hall–Kier alpha value is 0.490. The fourth-order valence-electron chi connectivity index (χ4n) is 1.84. The predicted octanol–water partition coefficient (Wildman–Crippen LogP) is 2.34. The number of halogens is 2. The van der Waals surface area contributed by atoms with Crippen molar-refractivity contribution < 1.29 is 4.90 Å². The highest BCUT2D eigenvalue weighted by atomic mass is 79.9. The predicted molar refractivity (Wildman–Crippen MR) is 73.6 cm³/mol. The van der Waals surface area contributed by atoms with Crippen LogP contribution in [0.2, 0.25) is 0 Å². The van der Waals surface area contributed by atoms with Gasteiger partial charge in [0.15, 0.2) is 0 Å². The highest BCUT2D eigenvalue weighted by Crippen LogP contribution is 2.19. The molecule has 4 heteroatoms. The van der Waals surface area contributed by atoms with Gasteiger partial charge in [0.2, 0.25) is 0 Å². The average Bonchev–Trinajstić information content (AvgIpc) is 2.17. The molecule has 0 unspecified atom stereocenters. The Kier molecular flexibility index (Phi) is 4.55. The van der Waals surface area contributed by atoms with Gasteiger partial charge in [-0.05, 0) is 18.2 Å². The monoisotopic (exact) mass is 350 g/mol. The molecular formula is C11H14Br2NS+. The fourth-order valence-corrected chi connectivity index (χ4v) is 4.30. The van der Waals surface area contributed by atoms with Crippen molar-refractivity contribution in [2.24, 2.45) is 0 Å². The van der Waals surface area contributed by atoms with Crippen molar-refractivity contribution >= 4 is 43.6 Å². The van der Waals surface area contributed by atoms with E-state index in [1.165, 1.54) is 30.2 Å². The first-order valence-electron chi connectivity index (χ1n) is 5.10. The molecule has 15 heavy (non-hydrogen) atoms. The van der Waals surface area contributed by atoms with Gasteiger partial charge >= 0.3 is 0 Å². The number of benzene rings is 1. The van der Waals surface area contributed by atoms with E-state index in [0.717, 1.165) is 15.5 Å². The molecule has 0 saturated carbocycles. The normalized spacial score (nSPS) is 18.0. The maximum absolute atomic E-state index is 3.53. The third kappa shape index (κ3) is 3.77. The van der Waals surface area contributed by atoms with Crippen LogP contribution in [0.3, 0.4) is 0 Å². The molecule has 0 atom stereocenters. The van der Waals surface area contributed by atoms with E-state index in [-0.39, 0.29) is 0 Å². The molecule has 1 N–H and O–H groups in total. The van der Waals surface area contributed by atoms with Crippen LogP contribution in [-0.4, -0.2) is 24.6 Å². The topological polar surface area (TPSA) is 4.44 Å². The Balaban J connectivity index is 2.02. The second-order valence-electron chi connectivity index (χ2n) is 3.82. The molecular weight excluding hydrogens is 338 g/mol. The fraction of sp³-hybridized carbons (Fsp3) is 0.455. The second kappa shape index (κ2) is 5.71. The standard InChI is InChI=1S/C11H13Br2NS/c12-10-5-9(6-11(13)7-10)8-14-1-3-15-4-2-14/h5-7H,1-4,8H2/p+1. The van der Waals surface area contributed by atoms with Gasteiger partial charge in [0.25, 0.3) is 0 Å². The van der Waals surface area contributed by atoms with Crippen LogP contribution < -0.4 is 4.90 Å². The van der Waals surface area contributed by atoms with Crippen LogP contribution in [0.25, 0.3) is 0 Å². The molecule has 1 aromatic carbocycles. The summed E-state index contributed by atoms with van der Waals surface area (Å²) in [7, 11) is 0. The van der Waals surface area contributed by atoms with E-state index < -0.39 is 0 Å². The van der Waals surface area contributed by atoms with Gasteiger partial charge in [-0.15, -0.1) is 0 Å². The van der Waals surface area contributed by atoms with Gasteiger partial charge in [-0.2, -0.15) is 11.8 Å². The second-order valence-corrected chi connectivity index (χ2v) is 6.87. The van der Waals surface area contributed by atoms with Crippen molar-refractivity contribution in [3.05, 3.63) is 32.7 Å². The first kappa shape index (κ1) is 12.0. The van der Waals surface area contributed by atoms with Gasteiger partial charge in [0, 0.05) is 26.0 Å². The summed E-state index contributed by atoms with van der Waals surface area (Å²) in [6.07, 6.45) is 0. The zero-order chi connectivity index (χ0) is 10.7. The summed E-state index contributed by atoms with van der Waals surface area (Å²) in [5.74, 6) is 2.62. The third-order valence-electron chi connectivity index (χ3n) is 2.58. The van der Waals surface area contributed by atoms with E-state index in [4.69, 9.17) is 0 Å². The van der Waals surface area contributed by atoms with E-state index in [0.29, 0.717) is 0 Å². The average molecular weight is 352 g/mol. The largest absolute Gasteiger partial charge is 0.330 e. The molecule has 1 heterocycles. The van der Waals surface area contributed by atoms with Crippen molar-refractivity contribution in [2.45, 2.75) is 6.54 Å². The van der Waals surface area contributed by atoms with Crippen LogP contribution in [0.15, 0.2) is 27.1 Å². The minimum atomic E-state index is 1.15. The molecule has 1 aromatic rings. The maximum Gasteiger partial charge on any atom is 0.103 e. The van der Waals surface area contributed by atoms with Crippen molar-refractivity contribution in [1.29, 1.82) is 0 Å². The lowest BCUT2D eigenvalue weighted by atomic mass is 10.2. The Morgan fingerprint density at radius 2 is 1.67 bits per heavy atom. The van der Waals surface area contributed by atoms with E-state index >= 15 is 0 Å². The first-order valence-corrected chi connectivity index (χ1v) is 7.84. The van der Waals surface area contributed by atoms with E-state index in [1.807, 2.05) is 0 Å². The van der Waals surface area contributed by atoms with Crippen LogP contribution in [-0.2, 0) is 6.54 Å². The number of hydrogen-bond donors (Lipinski definition) is 1. The molecule has 1 aliphatic heterocycles. The summed E-state index contributed by atoms with van der Waals surface area (Å²) < 4.78 is 2.33. The first-order chi connectivity index (χ1) is 7.24. The molecule has 0 aromatic heterocycles. The number of hydrogen-bond acceptors (Lipinski definition) is 1. The molecule has 1 saturated heterocycles. The van der Waals surface area contributed by atoms with Gasteiger partial charge in [0.1, 0.15) is 6.54 Å². The van der Waals surface area contributed by atoms with Gasteiger partial charge in [-0.1, -0.05) is 31.9 Å². The summed E-state index contributed by atoms with van der Waals surface area (Å²) in [5.41, 5.74) is 1.41. The third-order valence-corrected chi connectivity index (χ3v) is 4.48. The van der Waals surface area contributed by atoms with Gasteiger partial charge in [-0.25, -0.2) is 0 Å². The zero-order valence-electron chi connectivity index (χ0n) is 8.43. The molecule has 0 amide bonds. The van der Waals surface area contributed by atoms with Crippen LogP contribution in [0, 0.1) is 0 Å². The molecule has 2 rings (SSSR count). The molecule has 0 bridgehead atoms. The van der Waals surface area contributed by atoms with Crippen molar-refractivity contribution in [3.8, 4) is 0 Å². The number of quaternary nitrogens is 1. The number of nitrogens with one attached hydrogen (secondary N) is 1. The van der Waals surface area contributed by atoms with E-state index in [9.17, 15) is 0 Å². The summed E-state index contributed by atoms with van der Waals surface area (Å²) in [6.45, 7) is 3.75.